The zero-order valence-corrected chi connectivity index (χ0v) is 11.1. The molecule has 5 nitrogen and oxygen atoms in total. The van der Waals surface area contributed by atoms with Crippen molar-refractivity contribution in [3.63, 3.8) is 0 Å². The van der Waals surface area contributed by atoms with Gasteiger partial charge in [0.15, 0.2) is 0 Å². The highest BCUT2D eigenvalue weighted by molar-refractivity contribution is 5.99. The third-order valence-electron chi connectivity index (χ3n) is 2.80. The van der Waals surface area contributed by atoms with Crippen LogP contribution in [0.2, 0.25) is 0 Å². The summed E-state index contributed by atoms with van der Waals surface area (Å²) in [7, 11) is 1.82. The second-order valence-electron chi connectivity index (χ2n) is 4.72. The second-order valence-corrected chi connectivity index (χ2v) is 4.72. The van der Waals surface area contributed by atoms with Crippen molar-refractivity contribution in [3.8, 4) is 0 Å². The van der Waals surface area contributed by atoms with Crippen LogP contribution in [0.1, 0.15) is 29.8 Å². The highest BCUT2D eigenvalue weighted by Gasteiger charge is 2.27. The number of hydrogen-bond donors (Lipinski definition) is 3. The van der Waals surface area contributed by atoms with Crippen LogP contribution in [0.25, 0.3) is 0 Å². The molecule has 0 heterocycles. The number of carbonyl (C=O) groups is 2. The maximum Gasteiger partial charge on any atom is 0.252 e. The van der Waals surface area contributed by atoms with Crippen molar-refractivity contribution in [2.24, 2.45) is 5.73 Å². The van der Waals surface area contributed by atoms with E-state index in [1.807, 2.05) is 20.0 Å². The van der Waals surface area contributed by atoms with Gasteiger partial charge in [-0.3, -0.25) is 9.59 Å². The predicted octanol–water partition coefficient (Wildman–Crippen LogP) is 1.03. The molecule has 0 saturated carbocycles. The lowest BCUT2D eigenvalue weighted by atomic mass is 10.0. The van der Waals surface area contributed by atoms with E-state index in [0.29, 0.717) is 5.56 Å². The lowest BCUT2D eigenvalue weighted by Crippen LogP contribution is -2.53. The second kappa shape index (κ2) is 5.08. The Morgan fingerprint density at radius 2 is 1.89 bits per heavy atom. The minimum Gasteiger partial charge on any atom is -0.388 e. The van der Waals surface area contributed by atoms with Gasteiger partial charge in [0.25, 0.3) is 5.91 Å². The molecule has 1 rings (SSSR count). The zero-order chi connectivity index (χ0) is 13.9. The number of primary amides is 1. The van der Waals surface area contributed by atoms with Crippen LogP contribution in [0.4, 0.5) is 5.69 Å². The Bertz CT molecular complexity index is 481. The van der Waals surface area contributed by atoms with Crippen molar-refractivity contribution in [3.05, 3.63) is 29.3 Å². The number of aryl methyl sites for hydroxylation is 1. The Morgan fingerprint density at radius 3 is 2.33 bits per heavy atom. The molecule has 0 aromatic heterocycles. The van der Waals surface area contributed by atoms with Crippen molar-refractivity contribution >= 4 is 17.5 Å². The maximum atomic E-state index is 12.0. The lowest BCUT2D eigenvalue weighted by Gasteiger charge is -2.22. The molecule has 0 bridgehead atoms. The highest BCUT2D eigenvalue weighted by atomic mass is 16.2. The Balaban J connectivity index is 2.92. The third-order valence-corrected chi connectivity index (χ3v) is 2.80. The van der Waals surface area contributed by atoms with Crippen LogP contribution in [0, 0.1) is 6.92 Å². The molecule has 2 amide bonds. The Hall–Kier alpha value is -2.04. The fourth-order valence-corrected chi connectivity index (χ4v) is 1.50. The van der Waals surface area contributed by atoms with Crippen LogP contribution in [0.5, 0.6) is 0 Å². The van der Waals surface area contributed by atoms with Crippen LogP contribution in [0.15, 0.2) is 18.2 Å². The fourth-order valence-electron chi connectivity index (χ4n) is 1.50. The smallest absolute Gasteiger partial charge is 0.252 e. The predicted molar refractivity (Wildman–Crippen MR) is 71.5 cm³/mol. The van der Waals surface area contributed by atoms with Crippen molar-refractivity contribution in [2.75, 3.05) is 12.4 Å². The Kier molecular flexibility index (Phi) is 3.96. The molecule has 98 valence electrons. The molecule has 0 saturated heterocycles. The van der Waals surface area contributed by atoms with Gasteiger partial charge in [-0.05, 0) is 44.5 Å². The molecule has 1 aromatic rings. The van der Waals surface area contributed by atoms with Crippen LogP contribution in [0.3, 0.4) is 0 Å². The number of amides is 2. The summed E-state index contributed by atoms with van der Waals surface area (Å²) in [6.07, 6.45) is 0. The van der Waals surface area contributed by atoms with Crippen molar-refractivity contribution in [2.45, 2.75) is 26.3 Å². The summed E-state index contributed by atoms with van der Waals surface area (Å²) in [5, 5.41) is 5.62. The molecule has 0 unspecified atom stereocenters. The number of rotatable bonds is 4. The topological polar surface area (TPSA) is 84.2 Å². The Labute approximate surface area is 107 Å². The molecule has 18 heavy (non-hydrogen) atoms. The summed E-state index contributed by atoms with van der Waals surface area (Å²) in [5.74, 6) is -0.885. The average molecular weight is 249 g/mol. The van der Waals surface area contributed by atoms with E-state index in [2.05, 4.69) is 10.6 Å². The molecular weight excluding hydrogens is 230 g/mol. The van der Waals surface area contributed by atoms with E-state index in [1.165, 1.54) is 0 Å². The number of anilines is 1. The molecule has 1 aromatic carbocycles. The van der Waals surface area contributed by atoms with Gasteiger partial charge < -0.3 is 16.4 Å². The number of nitrogens with two attached hydrogens (primary N) is 1. The maximum absolute atomic E-state index is 12.0. The van der Waals surface area contributed by atoms with Gasteiger partial charge in [0.1, 0.15) is 5.54 Å². The van der Waals surface area contributed by atoms with E-state index in [-0.39, 0.29) is 5.91 Å². The zero-order valence-electron chi connectivity index (χ0n) is 11.1. The van der Waals surface area contributed by atoms with Gasteiger partial charge in [-0.1, -0.05) is 0 Å². The third kappa shape index (κ3) is 3.00. The lowest BCUT2D eigenvalue weighted by molar-refractivity contribution is -0.122. The molecule has 4 N–H and O–H groups in total. The van der Waals surface area contributed by atoms with E-state index >= 15 is 0 Å². The van der Waals surface area contributed by atoms with Gasteiger partial charge >= 0.3 is 0 Å². The first-order valence-corrected chi connectivity index (χ1v) is 5.68. The molecule has 5 heteroatoms. The van der Waals surface area contributed by atoms with E-state index in [1.54, 1.807) is 26.0 Å². The van der Waals surface area contributed by atoms with E-state index in [0.717, 1.165) is 11.3 Å². The fraction of sp³-hybridized carbons (Fsp3) is 0.385. The minimum absolute atomic E-state index is 0.315. The summed E-state index contributed by atoms with van der Waals surface area (Å²) in [6, 6.07) is 5.28. The quantitative estimate of drug-likeness (QED) is 0.745. The summed E-state index contributed by atoms with van der Waals surface area (Å²) in [5.41, 5.74) is 6.57. The number of carbonyl (C=O) groups excluding carboxylic acids is 2. The Morgan fingerprint density at radius 1 is 1.28 bits per heavy atom. The van der Waals surface area contributed by atoms with Gasteiger partial charge in [0.2, 0.25) is 5.91 Å². The molecule has 0 aliphatic carbocycles. The number of hydrogen-bond acceptors (Lipinski definition) is 3. The first-order chi connectivity index (χ1) is 8.27. The molecule has 0 aliphatic rings. The van der Waals surface area contributed by atoms with Crippen LogP contribution in [-0.4, -0.2) is 24.4 Å². The summed E-state index contributed by atoms with van der Waals surface area (Å²) in [6.45, 7) is 5.05. The molecule has 0 aliphatic heterocycles. The molecule has 0 spiro atoms. The molecule has 0 atom stereocenters. The summed E-state index contributed by atoms with van der Waals surface area (Å²) < 4.78 is 0. The van der Waals surface area contributed by atoms with E-state index in [4.69, 9.17) is 5.73 Å². The van der Waals surface area contributed by atoms with E-state index < -0.39 is 11.4 Å². The van der Waals surface area contributed by atoms with Gasteiger partial charge in [-0.15, -0.1) is 0 Å². The van der Waals surface area contributed by atoms with Crippen LogP contribution in [-0.2, 0) is 4.79 Å². The summed E-state index contributed by atoms with van der Waals surface area (Å²) in [4.78, 5) is 23.1. The molecule has 0 radical (unpaired) electrons. The van der Waals surface area contributed by atoms with Crippen molar-refractivity contribution < 1.29 is 9.59 Å². The van der Waals surface area contributed by atoms with E-state index in [9.17, 15) is 9.59 Å². The molecular formula is C13H19N3O2. The van der Waals surface area contributed by atoms with Crippen molar-refractivity contribution in [1.82, 2.24) is 5.32 Å². The monoisotopic (exact) mass is 249 g/mol. The average Bonchev–Trinajstić information content (AvgIpc) is 2.28. The van der Waals surface area contributed by atoms with Gasteiger partial charge in [-0.25, -0.2) is 0 Å². The largest absolute Gasteiger partial charge is 0.388 e. The van der Waals surface area contributed by atoms with Crippen molar-refractivity contribution in [1.29, 1.82) is 0 Å². The first-order valence-electron chi connectivity index (χ1n) is 5.68. The van der Waals surface area contributed by atoms with Crippen LogP contribution < -0.4 is 16.4 Å². The van der Waals surface area contributed by atoms with Gasteiger partial charge in [0, 0.05) is 18.3 Å². The number of nitrogens with one attached hydrogen (secondary N) is 2. The van der Waals surface area contributed by atoms with Gasteiger partial charge in [0.05, 0.1) is 0 Å². The van der Waals surface area contributed by atoms with Crippen LogP contribution >= 0.6 is 0 Å². The summed E-state index contributed by atoms with van der Waals surface area (Å²) >= 11 is 0. The SMILES string of the molecule is CNc1ccc(C(=O)NC(C)(C)C(N)=O)cc1C. The highest BCUT2D eigenvalue weighted by Crippen LogP contribution is 2.16. The standard InChI is InChI=1S/C13H19N3O2/c1-8-7-9(5-6-10(8)15-4)11(17)16-13(2,3)12(14)18/h5-7,15H,1-4H3,(H2,14,18)(H,16,17). The number of benzene rings is 1. The normalized spacial score (nSPS) is 10.9. The first kappa shape index (κ1) is 14.0. The molecule has 0 fully saturated rings. The van der Waals surface area contributed by atoms with Gasteiger partial charge in [-0.2, -0.15) is 0 Å². The minimum atomic E-state index is -1.06.